The molecule has 6 nitrogen and oxygen atoms in total. The fourth-order valence-corrected chi connectivity index (χ4v) is 3.27. The first-order chi connectivity index (χ1) is 12.0. The van der Waals surface area contributed by atoms with E-state index in [0.717, 1.165) is 25.7 Å². The minimum absolute atomic E-state index is 0.0835. The van der Waals surface area contributed by atoms with Crippen LogP contribution >= 0.6 is 0 Å². The van der Waals surface area contributed by atoms with Gasteiger partial charge in [-0.05, 0) is 25.7 Å². The van der Waals surface area contributed by atoms with Crippen molar-refractivity contribution in [3.8, 4) is 0 Å². The second-order valence-electron chi connectivity index (χ2n) is 6.82. The first-order valence-corrected chi connectivity index (χ1v) is 9.30. The third-order valence-corrected chi connectivity index (χ3v) is 4.67. The number of hydrogen-bond acceptors (Lipinski definition) is 5. The average Bonchev–Trinajstić information content (AvgIpc) is 2.82. The van der Waals surface area contributed by atoms with Crippen molar-refractivity contribution in [3.63, 3.8) is 0 Å². The van der Waals surface area contributed by atoms with Gasteiger partial charge in [-0.15, -0.1) is 0 Å². The van der Waals surface area contributed by atoms with Crippen LogP contribution in [0.4, 0.5) is 0 Å². The van der Waals surface area contributed by atoms with Crippen LogP contribution in [0.15, 0.2) is 12.2 Å². The molecule has 4 atom stereocenters. The van der Waals surface area contributed by atoms with E-state index in [9.17, 15) is 19.8 Å². The zero-order valence-electron chi connectivity index (χ0n) is 15.1. The molecule has 0 aliphatic heterocycles. The van der Waals surface area contributed by atoms with Gasteiger partial charge in [-0.3, -0.25) is 4.79 Å². The molecule has 1 saturated carbocycles. The van der Waals surface area contributed by atoms with Crippen molar-refractivity contribution in [2.45, 2.75) is 70.5 Å². The first-order valence-electron chi connectivity index (χ1n) is 9.30. The van der Waals surface area contributed by atoms with Crippen molar-refractivity contribution < 1.29 is 29.6 Å². The summed E-state index contributed by atoms with van der Waals surface area (Å²) < 4.78 is 4.98. The molecule has 144 valence electrons. The Labute approximate surface area is 149 Å². The maximum Gasteiger partial charge on any atom is 0.329 e. The number of hydrogen-bond donors (Lipinski definition) is 3. The summed E-state index contributed by atoms with van der Waals surface area (Å²) in [6.45, 7) is 2.15. The molecule has 1 aliphatic carbocycles. The fourth-order valence-electron chi connectivity index (χ4n) is 3.27. The Balaban J connectivity index is 2.37. The summed E-state index contributed by atoms with van der Waals surface area (Å²) in [7, 11) is 0. The molecule has 0 aromatic rings. The molecular formula is C19H32O6. The molecule has 0 aromatic heterocycles. The molecule has 6 heteroatoms. The summed E-state index contributed by atoms with van der Waals surface area (Å²) >= 11 is 0. The number of aliphatic hydroxyl groups is 2. The van der Waals surface area contributed by atoms with Crippen molar-refractivity contribution >= 4 is 11.8 Å². The van der Waals surface area contributed by atoms with E-state index in [1.165, 1.54) is 0 Å². The summed E-state index contributed by atoms with van der Waals surface area (Å²) in [6.07, 6.45) is 8.42. The van der Waals surface area contributed by atoms with Gasteiger partial charge in [0, 0.05) is 24.9 Å². The van der Waals surface area contributed by atoms with Gasteiger partial charge in [-0.1, -0.05) is 38.3 Å². The predicted octanol–water partition coefficient (Wildman–Crippen LogP) is 2.32. The number of carboxylic acids is 1. The molecule has 0 aromatic carbocycles. The first kappa shape index (κ1) is 21.8. The number of ether oxygens (including phenoxy) is 1. The van der Waals surface area contributed by atoms with E-state index in [2.05, 4.69) is 6.92 Å². The van der Waals surface area contributed by atoms with Gasteiger partial charge in [-0.25, -0.2) is 4.79 Å². The summed E-state index contributed by atoms with van der Waals surface area (Å²) in [4.78, 5) is 22.4. The minimum Gasteiger partial charge on any atom is -0.480 e. The van der Waals surface area contributed by atoms with E-state index in [4.69, 9.17) is 9.84 Å². The average molecular weight is 356 g/mol. The van der Waals surface area contributed by atoms with Crippen molar-refractivity contribution in [2.75, 3.05) is 13.2 Å². The van der Waals surface area contributed by atoms with E-state index < -0.39 is 12.1 Å². The highest BCUT2D eigenvalue weighted by Crippen LogP contribution is 2.34. The largest absolute Gasteiger partial charge is 0.480 e. The number of ketones is 1. The Kier molecular flexibility index (Phi) is 10.6. The number of unbranched alkanes of at least 4 members (excludes halogenated alkanes) is 2. The molecule has 1 fully saturated rings. The van der Waals surface area contributed by atoms with E-state index in [0.29, 0.717) is 25.9 Å². The highest BCUT2D eigenvalue weighted by atomic mass is 16.5. The van der Waals surface area contributed by atoms with Crippen LogP contribution in [0.2, 0.25) is 0 Å². The zero-order chi connectivity index (χ0) is 18.7. The monoisotopic (exact) mass is 356 g/mol. The van der Waals surface area contributed by atoms with Crippen LogP contribution < -0.4 is 0 Å². The Morgan fingerprint density at radius 3 is 2.80 bits per heavy atom. The van der Waals surface area contributed by atoms with Crippen LogP contribution in [0.3, 0.4) is 0 Å². The Morgan fingerprint density at radius 1 is 1.36 bits per heavy atom. The van der Waals surface area contributed by atoms with Crippen molar-refractivity contribution in [3.05, 3.63) is 12.2 Å². The summed E-state index contributed by atoms with van der Waals surface area (Å²) in [5, 5.41) is 28.5. The lowest BCUT2D eigenvalue weighted by molar-refractivity contribution is -0.142. The van der Waals surface area contributed by atoms with Crippen LogP contribution in [0.25, 0.3) is 0 Å². The molecule has 0 unspecified atom stereocenters. The van der Waals surface area contributed by atoms with Gasteiger partial charge in [0.1, 0.15) is 12.4 Å². The Hall–Kier alpha value is -1.24. The third-order valence-electron chi connectivity index (χ3n) is 4.67. The molecule has 0 heterocycles. The lowest BCUT2D eigenvalue weighted by Crippen LogP contribution is -2.19. The number of rotatable bonds is 13. The third kappa shape index (κ3) is 8.61. The van der Waals surface area contributed by atoms with Gasteiger partial charge in [0.2, 0.25) is 0 Å². The zero-order valence-corrected chi connectivity index (χ0v) is 15.1. The van der Waals surface area contributed by atoms with Crippen LogP contribution in [0.5, 0.6) is 0 Å². The number of carboxylic acid groups (broad SMARTS) is 1. The summed E-state index contributed by atoms with van der Waals surface area (Å²) in [6, 6.07) is 0. The Bertz CT molecular complexity index is 434. The van der Waals surface area contributed by atoms with E-state index in [1.54, 1.807) is 0 Å². The number of Topliss-reactive ketones (excluding diaryl/α,β-unsaturated/α-hetero) is 1. The van der Waals surface area contributed by atoms with Crippen molar-refractivity contribution in [2.24, 2.45) is 11.8 Å². The van der Waals surface area contributed by atoms with Gasteiger partial charge < -0.3 is 20.1 Å². The second-order valence-corrected chi connectivity index (χ2v) is 6.82. The fraction of sp³-hybridized carbons (Fsp3) is 0.789. The molecule has 0 bridgehead atoms. The number of aliphatic carboxylic acids is 1. The van der Waals surface area contributed by atoms with Crippen molar-refractivity contribution in [1.29, 1.82) is 0 Å². The van der Waals surface area contributed by atoms with Crippen LogP contribution in [-0.2, 0) is 14.3 Å². The quantitative estimate of drug-likeness (QED) is 0.346. The molecule has 3 N–H and O–H groups in total. The van der Waals surface area contributed by atoms with E-state index in [-0.39, 0.29) is 36.8 Å². The molecular weight excluding hydrogens is 324 g/mol. The molecule has 0 radical (unpaired) electrons. The minimum atomic E-state index is -0.986. The van der Waals surface area contributed by atoms with Crippen molar-refractivity contribution in [1.82, 2.24) is 0 Å². The van der Waals surface area contributed by atoms with E-state index in [1.807, 2.05) is 12.2 Å². The van der Waals surface area contributed by atoms with Gasteiger partial charge in [0.25, 0.3) is 0 Å². The number of aliphatic hydroxyl groups excluding tert-OH is 2. The maximum absolute atomic E-state index is 12.1. The molecule has 1 rings (SSSR count). The van der Waals surface area contributed by atoms with Gasteiger partial charge in [0.15, 0.2) is 0 Å². The van der Waals surface area contributed by atoms with Gasteiger partial charge in [0.05, 0.1) is 12.2 Å². The van der Waals surface area contributed by atoms with Crippen LogP contribution in [0.1, 0.15) is 58.3 Å². The van der Waals surface area contributed by atoms with Crippen LogP contribution in [-0.4, -0.2) is 52.5 Å². The highest BCUT2D eigenvalue weighted by molar-refractivity contribution is 5.84. The lowest BCUT2D eigenvalue weighted by Gasteiger charge is -2.17. The SMILES string of the molecule is CCCC[C@H](O)CC=C[C@H]1[C@H](O)CC(=O)[C@@H]1CCCCOCC(=O)O. The molecule has 0 amide bonds. The normalized spacial score (nSPS) is 24.9. The molecule has 1 aliphatic rings. The second kappa shape index (κ2) is 12.2. The smallest absolute Gasteiger partial charge is 0.329 e. The highest BCUT2D eigenvalue weighted by Gasteiger charge is 2.39. The summed E-state index contributed by atoms with van der Waals surface area (Å²) in [5.41, 5.74) is 0. The van der Waals surface area contributed by atoms with Crippen LogP contribution in [0, 0.1) is 11.8 Å². The standard InChI is InChI=1S/C19H32O6/c1-2-3-7-14(20)8-6-10-16-15(17(21)12-18(16)22)9-4-5-11-25-13-19(23)24/h6,10,14-16,18,20,22H,2-5,7-9,11-13H2,1H3,(H,23,24)/t14-,15+,16+,18+/m0/s1. The predicted molar refractivity (Wildman–Crippen MR) is 94.2 cm³/mol. The molecule has 0 saturated heterocycles. The van der Waals surface area contributed by atoms with Gasteiger partial charge in [-0.2, -0.15) is 0 Å². The lowest BCUT2D eigenvalue weighted by atomic mass is 9.89. The van der Waals surface area contributed by atoms with E-state index >= 15 is 0 Å². The number of carbonyl (C=O) groups excluding carboxylic acids is 1. The topological polar surface area (TPSA) is 104 Å². The molecule has 0 spiro atoms. The number of carbonyl (C=O) groups is 2. The summed E-state index contributed by atoms with van der Waals surface area (Å²) in [5.74, 6) is -1.29. The maximum atomic E-state index is 12.1. The van der Waals surface area contributed by atoms with Gasteiger partial charge >= 0.3 is 5.97 Å². The Morgan fingerprint density at radius 2 is 2.12 bits per heavy atom. The molecule has 25 heavy (non-hydrogen) atoms.